The highest BCUT2D eigenvalue weighted by molar-refractivity contribution is 6.27. The number of hydrogen-bond acceptors (Lipinski definition) is 6. The Bertz CT molecular complexity index is 1250. The number of carbonyl (C=O) groups excluding carboxylic acids is 1. The number of carboxylic acids is 2. The van der Waals surface area contributed by atoms with Crippen LogP contribution in [0.5, 0.6) is 5.75 Å². The minimum atomic E-state index is -1.82. The van der Waals surface area contributed by atoms with Crippen molar-refractivity contribution in [3.05, 3.63) is 102 Å². The van der Waals surface area contributed by atoms with Crippen LogP contribution in [0.25, 0.3) is 0 Å². The molecule has 1 fully saturated rings. The summed E-state index contributed by atoms with van der Waals surface area (Å²) in [4.78, 5) is 38.3. The van der Waals surface area contributed by atoms with Crippen LogP contribution in [-0.4, -0.2) is 83.0 Å². The largest absolute Gasteiger partial charge is 0.489 e. The van der Waals surface area contributed by atoms with Crippen molar-refractivity contribution in [2.75, 3.05) is 40.3 Å². The molecule has 9 heteroatoms. The van der Waals surface area contributed by atoms with E-state index in [2.05, 4.69) is 71.3 Å². The Hall–Kier alpha value is -4.21. The van der Waals surface area contributed by atoms with Crippen molar-refractivity contribution in [3.8, 4) is 5.75 Å². The molecule has 0 aromatic heterocycles. The van der Waals surface area contributed by atoms with Crippen LogP contribution in [0.15, 0.2) is 84.9 Å². The van der Waals surface area contributed by atoms with E-state index in [9.17, 15) is 4.79 Å². The van der Waals surface area contributed by atoms with E-state index in [4.69, 9.17) is 24.5 Å². The van der Waals surface area contributed by atoms with Crippen molar-refractivity contribution >= 4 is 17.8 Å². The van der Waals surface area contributed by atoms with E-state index in [0.717, 1.165) is 51.3 Å². The van der Waals surface area contributed by atoms with Gasteiger partial charge in [0.25, 0.3) is 0 Å². The summed E-state index contributed by atoms with van der Waals surface area (Å²) in [6.07, 6.45) is 1.83. The summed E-state index contributed by atoms with van der Waals surface area (Å²) in [7, 11) is 4.12. The van der Waals surface area contributed by atoms with Crippen LogP contribution in [-0.2, 0) is 34.1 Å². The minimum absolute atomic E-state index is 0.104. The average molecular weight is 576 g/mol. The molecule has 0 spiro atoms. The molecule has 3 aromatic carbocycles. The Morgan fingerprint density at radius 3 is 1.93 bits per heavy atom. The van der Waals surface area contributed by atoms with Gasteiger partial charge in [0.15, 0.2) is 0 Å². The quantitative estimate of drug-likeness (QED) is 0.327. The summed E-state index contributed by atoms with van der Waals surface area (Å²) in [5, 5.41) is 14.8. The van der Waals surface area contributed by atoms with Gasteiger partial charge >= 0.3 is 11.9 Å². The molecule has 1 amide bonds. The van der Waals surface area contributed by atoms with Gasteiger partial charge in [-0.1, -0.05) is 72.8 Å². The van der Waals surface area contributed by atoms with Gasteiger partial charge in [-0.2, -0.15) is 0 Å². The van der Waals surface area contributed by atoms with Gasteiger partial charge in [0.1, 0.15) is 12.4 Å². The summed E-state index contributed by atoms with van der Waals surface area (Å²) in [6, 6.07) is 29.0. The lowest BCUT2D eigenvalue weighted by molar-refractivity contribution is -0.159. The number of rotatable bonds is 11. The highest BCUT2D eigenvalue weighted by Crippen LogP contribution is 2.23. The third-order valence-corrected chi connectivity index (χ3v) is 7.02. The second-order valence-electron chi connectivity index (χ2n) is 10.6. The molecule has 9 nitrogen and oxygen atoms in total. The maximum Gasteiger partial charge on any atom is 0.414 e. The standard InChI is InChI=1S/C31H39N3O2.C2H2O4/c1-32(2)20-21-34(24-26-10-5-3-6-11-26)31(35)29-16-18-33(19-17-29)23-28-14-9-15-30(22-28)36-25-27-12-7-4-8-13-27;3-1(4)2(5)6/h3-15,22,29H,16-21,23-25H2,1-2H3;(H,3,4)(H,5,6). The Labute approximate surface area is 247 Å². The number of likely N-dealkylation sites (N-methyl/N-ethyl adjacent to an activating group) is 1. The van der Waals surface area contributed by atoms with Crippen LogP contribution < -0.4 is 4.74 Å². The predicted octanol–water partition coefficient (Wildman–Crippen LogP) is 4.22. The number of hydrogen-bond donors (Lipinski definition) is 2. The van der Waals surface area contributed by atoms with Gasteiger partial charge in [0.05, 0.1) is 0 Å². The monoisotopic (exact) mass is 575 g/mol. The number of ether oxygens (including phenoxy) is 1. The molecule has 42 heavy (non-hydrogen) atoms. The Morgan fingerprint density at radius 2 is 1.36 bits per heavy atom. The second kappa shape index (κ2) is 16.9. The van der Waals surface area contributed by atoms with Crippen molar-refractivity contribution in [1.82, 2.24) is 14.7 Å². The van der Waals surface area contributed by atoms with E-state index in [1.165, 1.54) is 16.7 Å². The van der Waals surface area contributed by atoms with E-state index in [1.54, 1.807) is 0 Å². The van der Waals surface area contributed by atoms with Crippen LogP contribution in [0, 0.1) is 5.92 Å². The number of aliphatic carboxylic acids is 2. The molecule has 0 unspecified atom stereocenters. The molecule has 0 radical (unpaired) electrons. The van der Waals surface area contributed by atoms with Crippen molar-refractivity contribution in [2.24, 2.45) is 5.92 Å². The van der Waals surface area contributed by atoms with Crippen LogP contribution in [0.2, 0.25) is 0 Å². The zero-order valence-corrected chi connectivity index (χ0v) is 24.4. The number of benzene rings is 3. The number of carbonyl (C=O) groups is 3. The molecule has 3 aromatic rings. The predicted molar refractivity (Wildman–Crippen MR) is 161 cm³/mol. The van der Waals surface area contributed by atoms with E-state index in [-0.39, 0.29) is 5.92 Å². The molecular weight excluding hydrogens is 534 g/mol. The van der Waals surface area contributed by atoms with Crippen LogP contribution >= 0.6 is 0 Å². The van der Waals surface area contributed by atoms with Crippen molar-refractivity contribution in [3.63, 3.8) is 0 Å². The van der Waals surface area contributed by atoms with Gasteiger partial charge in [-0.05, 0) is 68.8 Å². The number of carboxylic acid groups (broad SMARTS) is 2. The SMILES string of the molecule is CN(C)CCN(Cc1ccccc1)C(=O)C1CCN(Cc2cccc(OCc3ccccc3)c2)CC1.O=C(O)C(=O)O. The highest BCUT2D eigenvalue weighted by atomic mass is 16.5. The lowest BCUT2D eigenvalue weighted by Gasteiger charge is -2.34. The summed E-state index contributed by atoms with van der Waals surface area (Å²) < 4.78 is 6.01. The molecule has 2 N–H and O–H groups in total. The summed E-state index contributed by atoms with van der Waals surface area (Å²) in [6.45, 7) is 5.67. The van der Waals surface area contributed by atoms with Gasteiger partial charge in [-0.15, -0.1) is 0 Å². The number of amides is 1. The van der Waals surface area contributed by atoms with E-state index in [1.807, 2.05) is 42.5 Å². The van der Waals surface area contributed by atoms with Crippen LogP contribution in [0.3, 0.4) is 0 Å². The van der Waals surface area contributed by atoms with Gasteiger partial charge in [-0.3, -0.25) is 9.69 Å². The fourth-order valence-corrected chi connectivity index (χ4v) is 4.72. The molecule has 4 rings (SSSR count). The zero-order valence-electron chi connectivity index (χ0n) is 24.4. The smallest absolute Gasteiger partial charge is 0.414 e. The number of piperidine rings is 1. The fourth-order valence-electron chi connectivity index (χ4n) is 4.72. The lowest BCUT2D eigenvalue weighted by atomic mass is 9.94. The van der Waals surface area contributed by atoms with Crippen molar-refractivity contribution in [1.29, 1.82) is 0 Å². The lowest BCUT2D eigenvalue weighted by Crippen LogP contribution is -2.44. The first kappa shape index (κ1) is 32.3. The molecule has 1 saturated heterocycles. The molecule has 0 atom stereocenters. The Morgan fingerprint density at radius 1 is 0.786 bits per heavy atom. The highest BCUT2D eigenvalue weighted by Gasteiger charge is 2.28. The molecule has 0 bridgehead atoms. The minimum Gasteiger partial charge on any atom is -0.489 e. The summed E-state index contributed by atoms with van der Waals surface area (Å²) in [5.74, 6) is -2.34. The van der Waals surface area contributed by atoms with E-state index >= 15 is 0 Å². The topological polar surface area (TPSA) is 111 Å². The third-order valence-electron chi connectivity index (χ3n) is 7.02. The fraction of sp³-hybridized carbons (Fsp3) is 0.364. The van der Waals surface area contributed by atoms with Crippen molar-refractivity contribution < 1.29 is 29.3 Å². The van der Waals surface area contributed by atoms with Crippen LogP contribution in [0.4, 0.5) is 0 Å². The van der Waals surface area contributed by atoms with Gasteiger partial charge in [0, 0.05) is 32.1 Å². The normalized spacial score (nSPS) is 13.6. The van der Waals surface area contributed by atoms with Crippen molar-refractivity contribution in [2.45, 2.75) is 32.5 Å². The number of likely N-dealkylation sites (tertiary alicyclic amines) is 1. The third kappa shape index (κ3) is 11.3. The first-order valence-electron chi connectivity index (χ1n) is 14.1. The Balaban J connectivity index is 0.000000730. The zero-order chi connectivity index (χ0) is 30.3. The molecule has 0 aliphatic carbocycles. The molecule has 1 aliphatic heterocycles. The first-order chi connectivity index (χ1) is 20.2. The molecule has 1 heterocycles. The van der Waals surface area contributed by atoms with Gasteiger partial charge in [-0.25, -0.2) is 9.59 Å². The van der Waals surface area contributed by atoms with Gasteiger partial charge in [0.2, 0.25) is 5.91 Å². The maximum absolute atomic E-state index is 13.5. The molecule has 1 aliphatic rings. The van der Waals surface area contributed by atoms with E-state index in [0.29, 0.717) is 19.1 Å². The maximum atomic E-state index is 13.5. The van der Waals surface area contributed by atoms with Crippen LogP contribution in [0.1, 0.15) is 29.5 Å². The summed E-state index contributed by atoms with van der Waals surface area (Å²) >= 11 is 0. The average Bonchev–Trinajstić information content (AvgIpc) is 3.00. The second-order valence-corrected chi connectivity index (χ2v) is 10.6. The summed E-state index contributed by atoms with van der Waals surface area (Å²) in [5.41, 5.74) is 3.61. The Kier molecular flexibility index (Phi) is 13.0. The molecule has 224 valence electrons. The van der Waals surface area contributed by atoms with E-state index < -0.39 is 11.9 Å². The first-order valence-corrected chi connectivity index (χ1v) is 14.1. The number of nitrogens with zero attached hydrogens (tertiary/aromatic N) is 3. The molecular formula is C33H41N3O6. The molecule has 0 saturated carbocycles. The van der Waals surface area contributed by atoms with Gasteiger partial charge < -0.3 is 24.7 Å².